The number of aliphatic carboxylic acids is 1. The summed E-state index contributed by atoms with van der Waals surface area (Å²) in [7, 11) is 1.60. The number of ether oxygens (including phenoxy) is 1. The molecule has 2 aromatic heterocycles. The van der Waals surface area contributed by atoms with Gasteiger partial charge in [-0.3, -0.25) is 0 Å². The molecule has 0 saturated heterocycles. The molecule has 0 aliphatic rings. The monoisotopic (exact) mass is 391 g/mol. The first-order valence-electron chi connectivity index (χ1n) is 9.27. The quantitative estimate of drug-likeness (QED) is 0.519. The van der Waals surface area contributed by atoms with Crippen LogP contribution in [-0.2, 0) is 4.79 Å². The number of aromatic nitrogens is 4. The molecule has 8 nitrogen and oxygen atoms in total. The van der Waals surface area contributed by atoms with Crippen LogP contribution in [0.4, 0.5) is 5.95 Å². The molecule has 0 radical (unpaired) electrons. The number of hydrogen-bond acceptors (Lipinski definition) is 6. The molecule has 4 rings (SSSR count). The van der Waals surface area contributed by atoms with Gasteiger partial charge in [0.2, 0.25) is 5.95 Å². The van der Waals surface area contributed by atoms with E-state index >= 15 is 0 Å². The second kappa shape index (κ2) is 7.38. The highest BCUT2D eigenvalue weighted by Gasteiger charge is 2.24. The molecule has 29 heavy (non-hydrogen) atoms. The van der Waals surface area contributed by atoms with E-state index in [1.807, 2.05) is 62.4 Å². The minimum Gasteiger partial charge on any atom is -0.497 e. The first kappa shape index (κ1) is 18.7. The minimum atomic E-state index is -0.948. The van der Waals surface area contributed by atoms with Crippen LogP contribution >= 0.6 is 0 Å². The smallest absolute Gasteiger partial charge is 0.326 e. The van der Waals surface area contributed by atoms with Crippen LogP contribution in [0.3, 0.4) is 0 Å². The van der Waals surface area contributed by atoms with Crippen LogP contribution in [0.5, 0.6) is 5.75 Å². The highest BCUT2D eigenvalue weighted by molar-refractivity contribution is 5.93. The summed E-state index contributed by atoms with van der Waals surface area (Å²) < 4.78 is 6.86. The zero-order valence-corrected chi connectivity index (χ0v) is 16.3. The molecule has 0 saturated carbocycles. The Morgan fingerprint density at radius 3 is 2.66 bits per heavy atom. The summed E-state index contributed by atoms with van der Waals surface area (Å²) in [6.45, 7) is 3.68. The standard InChI is InChI=1S/C21H21N5O3/c1-12(2)17(20(27)28)23-21-22-16-10-5-4-9-15(16)19-24-18(25-26(19)21)13-7-6-8-14(11-13)29-3/h4-12,17H,1-3H3,(H,22,23)(H,27,28). The topological polar surface area (TPSA) is 102 Å². The summed E-state index contributed by atoms with van der Waals surface area (Å²) in [6.07, 6.45) is 0. The molecule has 0 bridgehead atoms. The molecule has 8 heteroatoms. The van der Waals surface area contributed by atoms with E-state index in [0.717, 1.165) is 10.9 Å². The number of rotatable bonds is 6. The first-order chi connectivity index (χ1) is 14.0. The molecule has 2 heterocycles. The van der Waals surface area contributed by atoms with Gasteiger partial charge in [-0.2, -0.15) is 4.52 Å². The fourth-order valence-corrected chi connectivity index (χ4v) is 3.19. The third-order valence-corrected chi connectivity index (χ3v) is 4.72. The Morgan fingerprint density at radius 2 is 1.93 bits per heavy atom. The van der Waals surface area contributed by atoms with Crippen LogP contribution in [0.1, 0.15) is 13.8 Å². The number of nitrogens with one attached hydrogen (secondary N) is 1. The summed E-state index contributed by atoms with van der Waals surface area (Å²) >= 11 is 0. The summed E-state index contributed by atoms with van der Waals surface area (Å²) in [5.41, 5.74) is 2.10. The van der Waals surface area contributed by atoms with Crippen LogP contribution in [-0.4, -0.2) is 43.8 Å². The maximum atomic E-state index is 11.7. The van der Waals surface area contributed by atoms with Crippen molar-refractivity contribution in [3.8, 4) is 17.1 Å². The van der Waals surface area contributed by atoms with Gasteiger partial charge in [-0.05, 0) is 30.2 Å². The second-order valence-electron chi connectivity index (χ2n) is 7.06. The van der Waals surface area contributed by atoms with E-state index in [-0.39, 0.29) is 5.92 Å². The predicted octanol–water partition coefficient (Wildman–Crippen LogP) is 3.47. The molecule has 0 aliphatic heterocycles. The number of benzene rings is 2. The van der Waals surface area contributed by atoms with Gasteiger partial charge in [0.25, 0.3) is 0 Å². The van der Waals surface area contributed by atoms with Crippen LogP contribution < -0.4 is 10.1 Å². The maximum absolute atomic E-state index is 11.7. The molecule has 148 valence electrons. The number of methoxy groups -OCH3 is 1. The van der Waals surface area contributed by atoms with E-state index in [0.29, 0.717) is 28.7 Å². The summed E-state index contributed by atoms with van der Waals surface area (Å²) in [4.78, 5) is 21.0. The molecule has 0 spiro atoms. The van der Waals surface area contributed by atoms with Gasteiger partial charge in [0, 0.05) is 10.9 Å². The summed E-state index contributed by atoms with van der Waals surface area (Å²) in [5.74, 6) is 0.449. The number of carbonyl (C=O) groups is 1. The zero-order valence-electron chi connectivity index (χ0n) is 16.3. The Hall–Kier alpha value is -3.68. The van der Waals surface area contributed by atoms with E-state index in [2.05, 4.69) is 15.4 Å². The zero-order chi connectivity index (χ0) is 20.5. The molecule has 0 fully saturated rings. The Kier molecular flexibility index (Phi) is 4.75. The van der Waals surface area contributed by atoms with Crippen LogP contribution in [0, 0.1) is 5.92 Å². The SMILES string of the molecule is COc1cccc(-c2nc3c4ccccc4nc(NC(C(=O)O)C(C)C)n3n2)c1. The van der Waals surface area contributed by atoms with E-state index in [4.69, 9.17) is 9.72 Å². The number of carboxylic acids is 1. The van der Waals surface area contributed by atoms with E-state index < -0.39 is 12.0 Å². The Morgan fingerprint density at radius 1 is 1.14 bits per heavy atom. The third-order valence-electron chi connectivity index (χ3n) is 4.72. The van der Waals surface area contributed by atoms with Crippen molar-refractivity contribution in [1.29, 1.82) is 0 Å². The number of carboxylic acid groups (broad SMARTS) is 1. The van der Waals surface area contributed by atoms with Gasteiger partial charge in [-0.15, -0.1) is 5.10 Å². The van der Waals surface area contributed by atoms with Crippen molar-refractivity contribution in [2.24, 2.45) is 5.92 Å². The number of para-hydroxylation sites is 1. The molecule has 0 aliphatic carbocycles. The third kappa shape index (κ3) is 3.44. The fraction of sp³-hybridized carbons (Fsp3) is 0.238. The highest BCUT2D eigenvalue weighted by atomic mass is 16.5. The number of anilines is 1. The van der Waals surface area contributed by atoms with Crippen LogP contribution in [0.25, 0.3) is 27.9 Å². The predicted molar refractivity (Wildman–Crippen MR) is 110 cm³/mol. The van der Waals surface area contributed by atoms with Gasteiger partial charge in [0.05, 0.1) is 12.6 Å². The van der Waals surface area contributed by atoms with Crippen molar-refractivity contribution in [2.75, 3.05) is 12.4 Å². The molecular formula is C21H21N5O3. The normalized spacial score (nSPS) is 12.4. The van der Waals surface area contributed by atoms with Crippen molar-refractivity contribution in [1.82, 2.24) is 19.6 Å². The Labute approximate surface area is 167 Å². The molecule has 2 aromatic carbocycles. The molecule has 0 amide bonds. The van der Waals surface area contributed by atoms with Gasteiger partial charge in [0.15, 0.2) is 11.5 Å². The molecule has 4 aromatic rings. The van der Waals surface area contributed by atoms with Crippen molar-refractivity contribution < 1.29 is 14.6 Å². The largest absolute Gasteiger partial charge is 0.497 e. The first-order valence-corrected chi connectivity index (χ1v) is 9.27. The van der Waals surface area contributed by atoms with E-state index in [1.54, 1.807) is 11.6 Å². The lowest BCUT2D eigenvalue weighted by Crippen LogP contribution is -2.35. The van der Waals surface area contributed by atoms with Gasteiger partial charge in [-0.25, -0.2) is 14.8 Å². The lowest BCUT2D eigenvalue weighted by Gasteiger charge is -2.19. The van der Waals surface area contributed by atoms with Crippen LogP contribution in [0.15, 0.2) is 48.5 Å². The second-order valence-corrected chi connectivity index (χ2v) is 7.06. The Bertz CT molecular complexity index is 1200. The van der Waals surface area contributed by atoms with Crippen molar-refractivity contribution in [3.05, 3.63) is 48.5 Å². The van der Waals surface area contributed by atoms with Crippen molar-refractivity contribution >= 4 is 28.5 Å². The maximum Gasteiger partial charge on any atom is 0.326 e. The van der Waals surface area contributed by atoms with Crippen molar-refractivity contribution in [2.45, 2.75) is 19.9 Å². The highest BCUT2D eigenvalue weighted by Crippen LogP contribution is 2.26. The lowest BCUT2D eigenvalue weighted by atomic mass is 10.1. The van der Waals surface area contributed by atoms with Gasteiger partial charge >= 0.3 is 5.97 Å². The Balaban J connectivity index is 1.92. The lowest BCUT2D eigenvalue weighted by molar-refractivity contribution is -0.138. The summed E-state index contributed by atoms with van der Waals surface area (Å²) in [5, 5.41) is 18.0. The number of nitrogens with zero attached hydrogens (tertiary/aromatic N) is 4. The van der Waals surface area contributed by atoms with Gasteiger partial charge in [-0.1, -0.05) is 38.1 Å². The molecule has 1 unspecified atom stereocenters. The van der Waals surface area contributed by atoms with Crippen LogP contribution in [0.2, 0.25) is 0 Å². The minimum absolute atomic E-state index is 0.141. The van der Waals surface area contributed by atoms with E-state index in [9.17, 15) is 9.90 Å². The molecule has 2 N–H and O–H groups in total. The van der Waals surface area contributed by atoms with E-state index in [1.165, 1.54) is 0 Å². The molecule has 1 atom stereocenters. The van der Waals surface area contributed by atoms with Gasteiger partial charge < -0.3 is 15.2 Å². The average molecular weight is 391 g/mol. The van der Waals surface area contributed by atoms with Gasteiger partial charge in [0.1, 0.15) is 11.8 Å². The summed E-state index contributed by atoms with van der Waals surface area (Å²) in [6, 6.07) is 14.2. The fourth-order valence-electron chi connectivity index (χ4n) is 3.19. The molecular weight excluding hydrogens is 370 g/mol. The average Bonchev–Trinajstić information content (AvgIpc) is 3.17. The number of hydrogen-bond donors (Lipinski definition) is 2. The number of fused-ring (bicyclic) bond motifs is 3. The van der Waals surface area contributed by atoms with Crippen molar-refractivity contribution in [3.63, 3.8) is 0 Å².